The third kappa shape index (κ3) is 10800. The van der Waals surface area contributed by atoms with Crippen LogP contribution in [0.1, 0.15) is 13.8 Å². The van der Waals surface area contributed by atoms with Crippen molar-refractivity contribution in [2.75, 3.05) is 56.4 Å². The maximum Gasteiger partial charge on any atom is 2.00 e. The van der Waals surface area contributed by atoms with Crippen LogP contribution in [0.2, 0.25) is 0 Å². The van der Waals surface area contributed by atoms with Gasteiger partial charge in [0.15, 0.2) is 0 Å². The molecule has 9 heteroatoms. The van der Waals surface area contributed by atoms with E-state index in [2.05, 4.69) is 56.4 Å². The molecular formula is C12H30CoI2N2O4. The van der Waals surface area contributed by atoms with Crippen molar-refractivity contribution in [1.82, 2.24) is 0 Å². The molecule has 0 saturated heterocycles. The molecule has 0 spiro atoms. The van der Waals surface area contributed by atoms with E-state index in [0.717, 1.165) is 22.8 Å². The van der Waals surface area contributed by atoms with Gasteiger partial charge in [-0.3, -0.25) is 0 Å². The van der Waals surface area contributed by atoms with Gasteiger partial charge in [-0.1, -0.05) is 0 Å². The quantitative estimate of drug-likeness (QED) is 0.211. The summed E-state index contributed by atoms with van der Waals surface area (Å²) in [4.78, 5) is 17.8. The van der Waals surface area contributed by atoms with Crippen LogP contribution in [-0.2, 0) is 26.4 Å². The van der Waals surface area contributed by atoms with Crippen molar-refractivity contribution in [2.45, 2.75) is 13.8 Å². The Labute approximate surface area is 174 Å². The summed E-state index contributed by atoms with van der Waals surface area (Å²) in [5, 5.41) is 17.8. The minimum absolute atomic E-state index is 0. The molecule has 0 atom stereocenters. The van der Waals surface area contributed by atoms with E-state index < -0.39 is 11.9 Å². The Morgan fingerprint density at radius 1 is 0.619 bits per heavy atom. The summed E-state index contributed by atoms with van der Waals surface area (Å²) < 4.78 is 2.00. The van der Waals surface area contributed by atoms with Crippen LogP contribution >= 0.6 is 0 Å². The Morgan fingerprint density at radius 3 is 0.619 bits per heavy atom. The van der Waals surface area contributed by atoms with Crippen molar-refractivity contribution in [3.8, 4) is 0 Å². The SMILES string of the molecule is CC(=O)[O-].CC(=O)[O-].C[N+](C)(C)C.C[N+](C)(C)C.[Co+2].[I-].[I-]. The average molecular weight is 579 g/mol. The van der Waals surface area contributed by atoms with E-state index in [9.17, 15) is 0 Å². The second-order valence-electron chi connectivity index (χ2n) is 6.35. The van der Waals surface area contributed by atoms with Crippen LogP contribution in [0.25, 0.3) is 0 Å². The third-order valence-corrected chi connectivity index (χ3v) is 0. The van der Waals surface area contributed by atoms with Crippen LogP contribution in [-0.4, -0.2) is 77.3 Å². The third-order valence-electron chi connectivity index (χ3n) is 0. The molecule has 0 fully saturated rings. The molecule has 0 aliphatic rings. The fourth-order valence-electron chi connectivity index (χ4n) is 0. The van der Waals surface area contributed by atoms with Gasteiger partial charge in [-0.2, -0.15) is 0 Å². The smallest absolute Gasteiger partial charge is 1.00 e. The number of hydrogen-bond acceptors (Lipinski definition) is 4. The minimum atomic E-state index is -1.08. The number of rotatable bonds is 0. The normalized spacial score (nSPS) is 8.10. The van der Waals surface area contributed by atoms with Gasteiger partial charge in [0.05, 0.1) is 56.4 Å². The van der Waals surface area contributed by atoms with Crippen molar-refractivity contribution >= 4 is 11.9 Å². The maximum absolute atomic E-state index is 8.89. The summed E-state index contributed by atoms with van der Waals surface area (Å²) in [6.07, 6.45) is 0. The number of carbonyl (C=O) groups is 2. The fourth-order valence-corrected chi connectivity index (χ4v) is 0. The molecule has 0 aliphatic heterocycles. The van der Waals surface area contributed by atoms with E-state index in [-0.39, 0.29) is 64.7 Å². The van der Waals surface area contributed by atoms with Gasteiger partial charge in [-0.15, -0.1) is 0 Å². The molecule has 0 bridgehead atoms. The molecular weight excluding hydrogens is 549 g/mol. The first-order valence-corrected chi connectivity index (χ1v) is 5.39. The monoisotopic (exact) mass is 579 g/mol. The van der Waals surface area contributed by atoms with E-state index in [1.807, 2.05) is 0 Å². The molecule has 0 aliphatic carbocycles. The second-order valence-corrected chi connectivity index (χ2v) is 6.35. The van der Waals surface area contributed by atoms with Gasteiger partial charge in [-0.25, -0.2) is 0 Å². The van der Waals surface area contributed by atoms with E-state index in [1.165, 1.54) is 0 Å². The van der Waals surface area contributed by atoms with Gasteiger partial charge in [0.2, 0.25) is 0 Å². The predicted octanol–water partition coefficient (Wildman–Crippen LogP) is -7.84. The summed E-state index contributed by atoms with van der Waals surface area (Å²) in [6.45, 7) is 1.94. The fraction of sp³-hybridized carbons (Fsp3) is 0.833. The Bertz CT molecular complexity index is 186. The zero-order chi connectivity index (χ0) is 16.2. The zero-order valence-corrected chi connectivity index (χ0v) is 20.0. The molecule has 0 heterocycles. The Balaban J connectivity index is -0.0000000239. The van der Waals surface area contributed by atoms with Gasteiger partial charge in [0.25, 0.3) is 0 Å². The number of hydrogen-bond donors (Lipinski definition) is 0. The molecule has 0 saturated carbocycles. The number of halogens is 2. The first-order chi connectivity index (χ1) is 7.46. The number of carboxylic acids is 2. The Hall–Kier alpha value is 0.826. The number of quaternary nitrogens is 2. The largest absolute Gasteiger partial charge is 2.00 e. The number of aliphatic carboxylic acids is 2. The summed E-state index contributed by atoms with van der Waals surface area (Å²) >= 11 is 0. The number of carboxylic acid groups (broad SMARTS) is 2. The second kappa shape index (κ2) is 23.1. The number of nitrogens with zero attached hydrogens (tertiary/aromatic N) is 2. The van der Waals surface area contributed by atoms with E-state index in [0.29, 0.717) is 0 Å². The molecule has 0 aromatic rings. The van der Waals surface area contributed by atoms with Crippen LogP contribution in [0.4, 0.5) is 0 Å². The van der Waals surface area contributed by atoms with Gasteiger partial charge < -0.3 is 76.7 Å². The molecule has 21 heavy (non-hydrogen) atoms. The molecule has 0 unspecified atom stereocenters. The molecule has 0 N–H and O–H groups in total. The number of carbonyl (C=O) groups excluding carboxylic acids is 2. The summed E-state index contributed by atoms with van der Waals surface area (Å²) in [5.41, 5.74) is 0. The molecule has 0 aromatic carbocycles. The first kappa shape index (κ1) is 43.1. The minimum Gasteiger partial charge on any atom is -1.00 e. The van der Waals surface area contributed by atoms with Crippen LogP contribution in [0, 0.1) is 0 Å². The Morgan fingerprint density at radius 2 is 0.619 bits per heavy atom. The summed E-state index contributed by atoms with van der Waals surface area (Å²) in [6, 6.07) is 0. The first-order valence-electron chi connectivity index (χ1n) is 5.39. The topological polar surface area (TPSA) is 80.3 Å². The maximum atomic E-state index is 8.89. The molecule has 0 rings (SSSR count). The van der Waals surface area contributed by atoms with E-state index in [4.69, 9.17) is 19.8 Å². The van der Waals surface area contributed by atoms with Crippen LogP contribution in [0.15, 0.2) is 0 Å². The van der Waals surface area contributed by atoms with Gasteiger partial charge >= 0.3 is 16.8 Å². The van der Waals surface area contributed by atoms with Crippen LogP contribution in [0.5, 0.6) is 0 Å². The van der Waals surface area contributed by atoms with Crippen LogP contribution < -0.4 is 58.2 Å². The Kier molecular flexibility index (Phi) is 47.4. The zero-order valence-electron chi connectivity index (χ0n) is 14.6. The van der Waals surface area contributed by atoms with Gasteiger partial charge in [0, 0.05) is 11.9 Å². The van der Waals surface area contributed by atoms with Crippen molar-refractivity contribution in [3.63, 3.8) is 0 Å². The van der Waals surface area contributed by atoms with Crippen molar-refractivity contribution in [3.05, 3.63) is 0 Å². The predicted molar refractivity (Wildman–Crippen MR) is 69.3 cm³/mol. The molecule has 6 nitrogen and oxygen atoms in total. The van der Waals surface area contributed by atoms with E-state index in [1.54, 1.807) is 0 Å². The van der Waals surface area contributed by atoms with Crippen LogP contribution in [0.3, 0.4) is 0 Å². The molecule has 0 amide bonds. The van der Waals surface area contributed by atoms with E-state index >= 15 is 0 Å². The standard InChI is InChI=1S/2C4H12N.2C2H4O2.Co.2HI/c2*1-5(2,3)4;2*1-2(3)4;;;/h2*1-4H3;2*1H3,(H,3,4);;2*1H/q2*+1;;;+2;;/p-4. The summed E-state index contributed by atoms with van der Waals surface area (Å²) in [7, 11) is 17.0. The van der Waals surface area contributed by atoms with Gasteiger partial charge in [0.1, 0.15) is 0 Å². The molecule has 1 radical (unpaired) electrons. The summed E-state index contributed by atoms with van der Waals surface area (Å²) in [5.74, 6) is -2.17. The average Bonchev–Trinajstić information content (AvgIpc) is 1.70. The molecule has 135 valence electrons. The van der Waals surface area contributed by atoms with Crippen molar-refractivity contribution in [1.29, 1.82) is 0 Å². The van der Waals surface area contributed by atoms with Crippen molar-refractivity contribution < 1.29 is 93.5 Å². The van der Waals surface area contributed by atoms with Crippen molar-refractivity contribution in [2.24, 2.45) is 0 Å². The molecule has 0 aromatic heterocycles. The van der Waals surface area contributed by atoms with Gasteiger partial charge in [-0.05, 0) is 13.8 Å².